The van der Waals surface area contributed by atoms with Crippen LogP contribution in [0.2, 0.25) is 0 Å². The van der Waals surface area contributed by atoms with Crippen LogP contribution in [0, 0.1) is 0 Å². The van der Waals surface area contributed by atoms with Crippen molar-refractivity contribution in [3.8, 4) is 0 Å². The van der Waals surface area contributed by atoms with Crippen LogP contribution in [0.1, 0.15) is 43.0 Å². The fourth-order valence-corrected chi connectivity index (χ4v) is 3.25. The molecular weight excluding hydrogens is 244 g/mol. The van der Waals surface area contributed by atoms with Crippen LogP contribution in [-0.4, -0.2) is 11.4 Å². The van der Waals surface area contributed by atoms with Crippen LogP contribution < -0.4 is 5.73 Å². The third kappa shape index (κ3) is 2.56. The largest absolute Gasteiger partial charge is 0.399 e. The summed E-state index contributed by atoms with van der Waals surface area (Å²) in [6.45, 7) is 3.47. The van der Waals surface area contributed by atoms with E-state index in [4.69, 9.17) is 5.73 Å². The summed E-state index contributed by atoms with van der Waals surface area (Å²) in [6, 6.07) is 20.1. The Labute approximate surface area is 121 Å². The Morgan fingerprint density at radius 2 is 1.75 bits per heavy atom. The normalized spacial score (nSPS) is 20.9. The van der Waals surface area contributed by atoms with E-state index in [2.05, 4.69) is 54.3 Å². The van der Waals surface area contributed by atoms with Crippen LogP contribution in [0.5, 0.6) is 0 Å². The van der Waals surface area contributed by atoms with Crippen LogP contribution in [0.4, 0.5) is 5.69 Å². The van der Waals surface area contributed by atoms with Gasteiger partial charge in [0, 0.05) is 17.8 Å². The van der Waals surface area contributed by atoms with Gasteiger partial charge in [-0.05, 0) is 49.6 Å². The van der Waals surface area contributed by atoms with E-state index < -0.39 is 0 Å². The highest BCUT2D eigenvalue weighted by Crippen LogP contribution is 2.38. The van der Waals surface area contributed by atoms with Gasteiger partial charge in [-0.2, -0.15) is 0 Å². The molecule has 0 radical (unpaired) electrons. The first-order valence-corrected chi connectivity index (χ1v) is 7.42. The van der Waals surface area contributed by atoms with Gasteiger partial charge in [-0.1, -0.05) is 42.5 Å². The van der Waals surface area contributed by atoms with E-state index in [1.54, 1.807) is 0 Å². The molecule has 2 nitrogen and oxygen atoms in total. The second-order valence-electron chi connectivity index (χ2n) is 5.65. The summed E-state index contributed by atoms with van der Waals surface area (Å²) in [5.74, 6) is 0. The van der Waals surface area contributed by atoms with Crippen molar-refractivity contribution < 1.29 is 0 Å². The monoisotopic (exact) mass is 266 g/mol. The van der Waals surface area contributed by atoms with Crippen molar-refractivity contribution in [3.63, 3.8) is 0 Å². The molecule has 0 saturated carbocycles. The number of nitrogens with two attached hydrogens (primary N) is 1. The zero-order valence-electron chi connectivity index (χ0n) is 12.0. The molecule has 1 aliphatic rings. The van der Waals surface area contributed by atoms with Gasteiger partial charge in [-0.3, -0.25) is 4.90 Å². The minimum Gasteiger partial charge on any atom is -0.399 e. The van der Waals surface area contributed by atoms with Crippen molar-refractivity contribution in [1.29, 1.82) is 0 Å². The van der Waals surface area contributed by atoms with E-state index in [1.165, 1.54) is 30.5 Å². The Bertz CT molecular complexity index is 547. The number of hydrogen-bond acceptors (Lipinski definition) is 2. The molecule has 2 N–H and O–H groups in total. The second kappa shape index (κ2) is 5.68. The maximum atomic E-state index is 5.79. The van der Waals surface area contributed by atoms with Gasteiger partial charge >= 0.3 is 0 Å². The zero-order valence-corrected chi connectivity index (χ0v) is 12.0. The van der Waals surface area contributed by atoms with E-state index in [9.17, 15) is 0 Å². The Kier molecular flexibility index (Phi) is 3.75. The average molecular weight is 266 g/mol. The van der Waals surface area contributed by atoms with E-state index in [1.807, 2.05) is 12.1 Å². The van der Waals surface area contributed by atoms with Crippen molar-refractivity contribution in [3.05, 3.63) is 65.7 Å². The molecule has 1 aliphatic heterocycles. The number of likely N-dealkylation sites (tertiary alicyclic amines) is 1. The first-order valence-electron chi connectivity index (χ1n) is 7.42. The number of hydrogen-bond donors (Lipinski definition) is 1. The summed E-state index contributed by atoms with van der Waals surface area (Å²) in [5, 5.41) is 0. The van der Waals surface area contributed by atoms with Gasteiger partial charge in [0.1, 0.15) is 0 Å². The van der Waals surface area contributed by atoms with Crippen LogP contribution in [-0.2, 0) is 0 Å². The first-order chi connectivity index (χ1) is 9.75. The van der Waals surface area contributed by atoms with Crippen molar-refractivity contribution >= 4 is 5.69 Å². The number of anilines is 1. The predicted octanol–water partition coefficient (Wildman–Crippen LogP) is 4.17. The van der Waals surface area contributed by atoms with Crippen molar-refractivity contribution in [1.82, 2.24) is 4.90 Å². The van der Waals surface area contributed by atoms with Gasteiger partial charge in [0.2, 0.25) is 0 Å². The van der Waals surface area contributed by atoms with Gasteiger partial charge in [0.15, 0.2) is 0 Å². The predicted molar refractivity (Wildman–Crippen MR) is 84.4 cm³/mol. The highest BCUT2D eigenvalue weighted by Gasteiger charge is 2.29. The Balaban J connectivity index is 1.83. The molecule has 2 aromatic carbocycles. The van der Waals surface area contributed by atoms with Crippen LogP contribution >= 0.6 is 0 Å². The summed E-state index contributed by atoms with van der Waals surface area (Å²) in [5.41, 5.74) is 9.41. The van der Waals surface area contributed by atoms with Crippen LogP contribution in [0.25, 0.3) is 0 Å². The maximum Gasteiger partial charge on any atom is 0.0354 e. The molecule has 0 spiro atoms. The topological polar surface area (TPSA) is 29.3 Å². The molecule has 2 unspecified atom stereocenters. The molecule has 1 fully saturated rings. The van der Waals surface area contributed by atoms with Crippen LogP contribution in [0.3, 0.4) is 0 Å². The van der Waals surface area contributed by atoms with E-state index in [0.717, 1.165) is 5.69 Å². The lowest BCUT2D eigenvalue weighted by Crippen LogP contribution is -2.26. The van der Waals surface area contributed by atoms with E-state index >= 15 is 0 Å². The van der Waals surface area contributed by atoms with Gasteiger partial charge in [0.25, 0.3) is 0 Å². The standard InChI is InChI=1S/C18H22N2/c1-14(15-9-11-17(19)12-10-15)20-13-5-8-18(20)16-6-3-2-4-7-16/h2-4,6-7,9-12,14,18H,5,8,13,19H2,1H3. The third-order valence-electron chi connectivity index (χ3n) is 4.39. The Hall–Kier alpha value is -1.80. The molecule has 0 bridgehead atoms. The lowest BCUT2D eigenvalue weighted by Gasteiger charge is -2.31. The molecule has 20 heavy (non-hydrogen) atoms. The summed E-state index contributed by atoms with van der Waals surface area (Å²) < 4.78 is 0. The van der Waals surface area contributed by atoms with Gasteiger partial charge in [-0.25, -0.2) is 0 Å². The number of benzene rings is 2. The minimum atomic E-state index is 0.434. The maximum absolute atomic E-state index is 5.79. The zero-order chi connectivity index (χ0) is 13.9. The van der Waals surface area contributed by atoms with Gasteiger partial charge < -0.3 is 5.73 Å². The van der Waals surface area contributed by atoms with Crippen LogP contribution in [0.15, 0.2) is 54.6 Å². The molecular formula is C18H22N2. The number of rotatable bonds is 3. The fraction of sp³-hybridized carbons (Fsp3) is 0.333. The van der Waals surface area contributed by atoms with Crippen molar-refractivity contribution in [2.45, 2.75) is 31.8 Å². The first kappa shape index (κ1) is 13.2. The molecule has 0 aliphatic carbocycles. The SMILES string of the molecule is CC(c1ccc(N)cc1)N1CCCC1c1ccccc1. The minimum absolute atomic E-state index is 0.434. The molecule has 2 aromatic rings. The quantitative estimate of drug-likeness (QED) is 0.845. The number of nitrogen functional groups attached to an aromatic ring is 1. The summed E-state index contributed by atoms with van der Waals surface area (Å²) in [7, 11) is 0. The molecule has 0 amide bonds. The lowest BCUT2D eigenvalue weighted by molar-refractivity contribution is 0.194. The van der Waals surface area contributed by atoms with E-state index in [-0.39, 0.29) is 0 Å². The molecule has 2 atom stereocenters. The van der Waals surface area contributed by atoms with Gasteiger partial charge in [0.05, 0.1) is 0 Å². The second-order valence-corrected chi connectivity index (χ2v) is 5.65. The summed E-state index contributed by atoms with van der Waals surface area (Å²) in [6.07, 6.45) is 2.53. The third-order valence-corrected chi connectivity index (χ3v) is 4.39. The fourth-order valence-electron chi connectivity index (χ4n) is 3.25. The summed E-state index contributed by atoms with van der Waals surface area (Å²) in [4.78, 5) is 2.61. The molecule has 2 heteroatoms. The average Bonchev–Trinajstić information content (AvgIpc) is 2.97. The molecule has 0 aromatic heterocycles. The van der Waals surface area contributed by atoms with Crippen molar-refractivity contribution in [2.75, 3.05) is 12.3 Å². The summed E-state index contributed by atoms with van der Waals surface area (Å²) >= 11 is 0. The van der Waals surface area contributed by atoms with E-state index in [0.29, 0.717) is 12.1 Å². The van der Waals surface area contributed by atoms with Crippen molar-refractivity contribution in [2.24, 2.45) is 0 Å². The highest BCUT2D eigenvalue weighted by atomic mass is 15.2. The Morgan fingerprint density at radius 1 is 1.05 bits per heavy atom. The Morgan fingerprint density at radius 3 is 2.45 bits per heavy atom. The highest BCUT2D eigenvalue weighted by molar-refractivity contribution is 5.40. The number of nitrogens with zero attached hydrogens (tertiary/aromatic N) is 1. The molecule has 104 valence electrons. The lowest BCUT2D eigenvalue weighted by atomic mass is 10.0. The molecule has 1 saturated heterocycles. The smallest absolute Gasteiger partial charge is 0.0354 e. The van der Waals surface area contributed by atoms with Gasteiger partial charge in [-0.15, -0.1) is 0 Å². The molecule has 1 heterocycles. The molecule has 3 rings (SSSR count).